The van der Waals surface area contributed by atoms with Crippen LogP contribution >= 0.6 is 0 Å². The Labute approximate surface area is 142 Å². The van der Waals surface area contributed by atoms with Gasteiger partial charge in [-0.3, -0.25) is 4.98 Å². The molecule has 1 aliphatic rings. The van der Waals surface area contributed by atoms with Crippen LogP contribution in [0, 0.1) is 0 Å². The van der Waals surface area contributed by atoms with Crippen molar-refractivity contribution >= 4 is 6.03 Å². The van der Waals surface area contributed by atoms with E-state index in [0.29, 0.717) is 6.61 Å². The topological polar surface area (TPSA) is 63.2 Å². The molecule has 1 aliphatic heterocycles. The normalized spacial score (nSPS) is 17.8. The zero-order chi connectivity index (χ0) is 16.8. The first-order valence-corrected chi connectivity index (χ1v) is 8.46. The number of nitrogens with one attached hydrogen (secondary N) is 2. The van der Waals surface area contributed by atoms with Crippen LogP contribution in [0.15, 0.2) is 48.8 Å². The van der Waals surface area contributed by atoms with Gasteiger partial charge in [0, 0.05) is 18.0 Å². The second-order valence-electron chi connectivity index (χ2n) is 5.94. The fourth-order valence-electron chi connectivity index (χ4n) is 3.05. The van der Waals surface area contributed by atoms with E-state index < -0.39 is 0 Å². The van der Waals surface area contributed by atoms with Crippen LogP contribution in [0.25, 0.3) is 0 Å². The number of hydrogen-bond donors (Lipinski definition) is 2. The molecule has 0 spiro atoms. The summed E-state index contributed by atoms with van der Waals surface area (Å²) in [4.78, 5) is 16.5. The van der Waals surface area contributed by atoms with Gasteiger partial charge in [0.2, 0.25) is 0 Å². The van der Waals surface area contributed by atoms with E-state index in [2.05, 4.69) is 22.5 Å². The summed E-state index contributed by atoms with van der Waals surface area (Å²) in [6.07, 6.45) is 6.10. The summed E-state index contributed by atoms with van der Waals surface area (Å²) >= 11 is 0. The van der Waals surface area contributed by atoms with E-state index in [0.717, 1.165) is 36.1 Å². The number of hydrogen-bond acceptors (Lipinski definition) is 3. The molecule has 126 valence electrons. The summed E-state index contributed by atoms with van der Waals surface area (Å²) in [5.74, 6) is 0.862. The molecule has 5 nitrogen and oxygen atoms in total. The molecule has 0 bridgehead atoms. The molecule has 0 radical (unpaired) electrons. The Morgan fingerprint density at radius 3 is 2.88 bits per heavy atom. The summed E-state index contributed by atoms with van der Waals surface area (Å²) in [6, 6.07) is 11.6. The molecule has 0 unspecified atom stereocenters. The van der Waals surface area contributed by atoms with Gasteiger partial charge in [-0.05, 0) is 43.0 Å². The quantitative estimate of drug-likeness (QED) is 0.900. The summed E-state index contributed by atoms with van der Waals surface area (Å²) in [7, 11) is 0. The van der Waals surface area contributed by atoms with E-state index in [1.165, 1.54) is 0 Å². The molecule has 2 N–H and O–H groups in total. The number of urea groups is 1. The maximum Gasteiger partial charge on any atom is 0.315 e. The number of rotatable bonds is 4. The van der Waals surface area contributed by atoms with E-state index in [4.69, 9.17) is 4.74 Å². The van der Waals surface area contributed by atoms with Crippen molar-refractivity contribution in [3.05, 3.63) is 59.9 Å². The van der Waals surface area contributed by atoms with Crippen LogP contribution in [0.1, 0.15) is 49.4 Å². The number of benzene rings is 1. The number of para-hydroxylation sites is 1. The van der Waals surface area contributed by atoms with Crippen LogP contribution in [-0.2, 0) is 0 Å². The molecule has 24 heavy (non-hydrogen) atoms. The molecule has 2 amide bonds. The van der Waals surface area contributed by atoms with Crippen molar-refractivity contribution in [2.45, 2.75) is 38.3 Å². The third-order valence-electron chi connectivity index (χ3n) is 4.32. The van der Waals surface area contributed by atoms with Gasteiger partial charge in [-0.2, -0.15) is 0 Å². The van der Waals surface area contributed by atoms with Gasteiger partial charge in [0.05, 0.1) is 18.7 Å². The minimum atomic E-state index is -0.152. The molecule has 2 atom stereocenters. The van der Waals surface area contributed by atoms with Crippen molar-refractivity contribution in [2.75, 3.05) is 6.61 Å². The smallest absolute Gasteiger partial charge is 0.315 e. The van der Waals surface area contributed by atoms with Gasteiger partial charge in [0.1, 0.15) is 5.75 Å². The molecular weight excluding hydrogens is 302 g/mol. The molecule has 0 saturated heterocycles. The number of fused-ring (bicyclic) bond motifs is 1. The predicted octanol–water partition coefficient (Wildman–Crippen LogP) is 3.75. The molecule has 3 rings (SSSR count). The van der Waals surface area contributed by atoms with Crippen molar-refractivity contribution in [2.24, 2.45) is 0 Å². The molecule has 2 heterocycles. The number of aromatic nitrogens is 1. The van der Waals surface area contributed by atoms with Crippen LogP contribution in [-0.4, -0.2) is 17.6 Å². The van der Waals surface area contributed by atoms with Crippen LogP contribution in [0.3, 0.4) is 0 Å². The predicted molar refractivity (Wildman–Crippen MR) is 92.8 cm³/mol. The number of pyridine rings is 1. The number of carbonyl (C=O) groups is 1. The first kappa shape index (κ1) is 16.3. The Morgan fingerprint density at radius 2 is 2.08 bits per heavy atom. The second-order valence-corrected chi connectivity index (χ2v) is 5.94. The number of nitrogens with zero attached hydrogens (tertiary/aromatic N) is 1. The van der Waals surface area contributed by atoms with Crippen molar-refractivity contribution in [3.8, 4) is 5.75 Å². The average Bonchev–Trinajstić information content (AvgIpc) is 2.83. The highest BCUT2D eigenvalue weighted by molar-refractivity contribution is 5.75. The fraction of sp³-hybridized carbons (Fsp3) is 0.368. The van der Waals surface area contributed by atoms with Crippen molar-refractivity contribution in [1.82, 2.24) is 15.6 Å². The molecular formula is C19H23N3O2. The first-order valence-electron chi connectivity index (χ1n) is 8.46. The lowest BCUT2D eigenvalue weighted by molar-refractivity contribution is 0.232. The maximum absolute atomic E-state index is 12.5. The van der Waals surface area contributed by atoms with Gasteiger partial charge >= 0.3 is 6.03 Å². The lowest BCUT2D eigenvalue weighted by Crippen LogP contribution is -2.39. The largest absolute Gasteiger partial charge is 0.493 e. The molecule has 1 aromatic carbocycles. The molecule has 2 aromatic rings. The first-order chi connectivity index (χ1) is 11.8. The molecule has 0 fully saturated rings. The van der Waals surface area contributed by atoms with Crippen LogP contribution in [0.5, 0.6) is 5.75 Å². The molecule has 5 heteroatoms. The monoisotopic (exact) mass is 325 g/mol. The van der Waals surface area contributed by atoms with Gasteiger partial charge < -0.3 is 15.4 Å². The highest BCUT2D eigenvalue weighted by atomic mass is 16.5. The third kappa shape index (κ3) is 3.85. The lowest BCUT2D eigenvalue weighted by Gasteiger charge is -2.22. The fourth-order valence-corrected chi connectivity index (χ4v) is 3.05. The number of amides is 2. The summed E-state index contributed by atoms with van der Waals surface area (Å²) < 4.78 is 5.75. The lowest BCUT2D eigenvalue weighted by atomic mass is 10.0. The van der Waals surface area contributed by atoms with Gasteiger partial charge in [-0.15, -0.1) is 0 Å². The molecule has 1 aromatic heterocycles. The Kier molecular flexibility index (Phi) is 5.31. The summed E-state index contributed by atoms with van der Waals surface area (Å²) in [5.41, 5.74) is 2.11. The highest BCUT2D eigenvalue weighted by Crippen LogP contribution is 2.31. The van der Waals surface area contributed by atoms with Gasteiger partial charge in [-0.25, -0.2) is 4.79 Å². The number of carbonyl (C=O) groups excluding carboxylic acids is 1. The van der Waals surface area contributed by atoms with Crippen molar-refractivity contribution in [1.29, 1.82) is 0 Å². The Bertz CT molecular complexity index is 675. The van der Waals surface area contributed by atoms with Gasteiger partial charge in [-0.1, -0.05) is 25.1 Å². The standard InChI is InChI=1S/C19H23N3O2/c1-2-16(14-9-11-20-12-10-14)21-19(23)22-17-7-5-13-24-18-8-4-3-6-15(17)18/h3-4,6,8-12,16-17H,2,5,7,13H2,1H3,(H2,21,22,23)/t16-,17+/m1/s1. The SMILES string of the molecule is CC[C@@H](NC(=O)N[C@H]1CCCOc2ccccc21)c1ccncc1. The van der Waals surface area contributed by atoms with E-state index in [1.807, 2.05) is 36.4 Å². The van der Waals surface area contributed by atoms with E-state index >= 15 is 0 Å². The zero-order valence-electron chi connectivity index (χ0n) is 13.9. The van der Waals surface area contributed by atoms with Crippen molar-refractivity contribution < 1.29 is 9.53 Å². The average molecular weight is 325 g/mol. The minimum absolute atomic E-state index is 0.0229. The Morgan fingerprint density at radius 1 is 1.29 bits per heavy atom. The zero-order valence-corrected chi connectivity index (χ0v) is 13.9. The third-order valence-corrected chi connectivity index (χ3v) is 4.32. The Balaban J connectivity index is 1.68. The minimum Gasteiger partial charge on any atom is -0.493 e. The van der Waals surface area contributed by atoms with E-state index in [-0.39, 0.29) is 18.1 Å². The second kappa shape index (κ2) is 7.81. The van der Waals surface area contributed by atoms with Crippen LogP contribution in [0.2, 0.25) is 0 Å². The van der Waals surface area contributed by atoms with Gasteiger partial charge in [0.25, 0.3) is 0 Å². The summed E-state index contributed by atoms with van der Waals surface area (Å²) in [5, 5.41) is 6.17. The van der Waals surface area contributed by atoms with E-state index in [1.54, 1.807) is 12.4 Å². The maximum atomic E-state index is 12.5. The Hall–Kier alpha value is -2.56. The highest BCUT2D eigenvalue weighted by Gasteiger charge is 2.22. The van der Waals surface area contributed by atoms with Crippen molar-refractivity contribution in [3.63, 3.8) is 0 Å². The molecule has 0 aliphatic carbocycles. The van der Waals surface area contributed by atoms with Crippen LogP contribution in [0.4, 0.5) is 4.79 Å². The summed E-state index contributed by atoms with van der Waals surface area (Å²) in [6.45, 7) is 2.74. The number of ether oxygens (including phenoxy) is 1. The van der Waals surface area contributed by atoms with Crippen LogP contribution < -0.4 is 15.4 Å². The molecule has 0 saturated carbocycles. The van der Waals surface area contributed by atoms with E-state index in [9.17, 15) is 4.79 Å². The van der Waals surface area contributed by atoms with Gasteiger partial charge in [0.15, 0.2) is 0 Å².